The second kappa shape index (κ2) is 9.03. The molecular weight excluding hydrogens is 394 g/mol. The highest BCUT2D eigenvalue weighted by atomic mass is 16.6. The second-order valence-corrected chi connectivity index (χ2v) is 6.46. The predicted octanol–water partition coefficient (Wildman–Crippen LogP) is 2.53. The van der Waals surface area contributed by atoms with Crippen LogP contribution < -0.4 is 15.0 Å². The molecule has 1 aliphatic heterocycles. The molecule has 0 spiro atoms. The molecule has 2 aromatic rings. The van der Waals surface area contributed by atoms with Crippen LogP contribution in [0.5, 0.6) is 5.75 Å². The second-order valence-electron chi connectivity index (χ2n) is 6.46. The molecule has 1 N–H and O–H groups in total. The SMILES string of the molecule is COc1ccc(NC(=O)COC(=O)c2ccc(N3CCCC3=O)cc2)c([N+](=O)[O-])c1. The van der Waals surface area contributed by atoms with E-state index in [2.05, 4.69) is 5.32 Å². The first-order valence-corrected chi connectivity index (χ1v) is 9.09. The summed E-state index contributed by atoms with van der Waals surface area (Å²) in [7, 11) is 1.37. The van der Waals surface area contributed by atoms with Crippen LogP contribution in [0.4, 0.5) is 17.1 Å². The van der Waals surface area contributed by atoms with Crippen molar-refractivity contribution in [3.05, 3.63) is 58.1 Å². The number of nitrogens with zero attached hydrogens (tertiary/aromatic N) is 2. The normalized spacial score (nSPS) is 13.1. The number of carbonyl (C=O) groups excluding carboxylic acids is 3. The number of nitrogens with one attached hydrogen (secondary N) is 1. The lowest BCUT2D eigenvalue weighted by atomic mass is 10.2. The van der Waals surface area contributed by atoms with Gasteiger partial charge in [0.15, 0.2) is 6.61 Å². The predicted molar refractivity (Wildman–Crippen MR) is 107 cm³/mol. The van der Waals surface area contributed by atoms with Crippen LogP contribution in [0.1, 0.15) is 23.2 Å². The molecule has 2 aromatic carbocycles. The topological polar surface area (TPSA) is 128 Å². The standard InChI is InChI=1S/C20H19N3O7/c1-29-15-8-9-16(17(11-15)23(27)28)21-18(24)12-30-20(26)13-4-6-14(7-5-13)22-10-2-3-19(22)25/h4-9,11H,2-3,10,12H2,1H3,(H,21,24). The zero-order valence-corrected chi connectivity index (χ0v) is 16.1. The summed E-state index contributed by atoms with van der Waals surface area (Å²) in [6.45, 7) is 0.0225. The van der Waals surface area contributed by atoms with E-state index >= 15 is 0 Å². The molecule has 1 fully saturated rings. The minimum atomic E-state index is -0.728. The molecule has 1 aliphatic rings. The number of hydrogen-bond acceptors (Lipinski definition) is 7. The van der Waals surface area contributed by atoms with Gasteiger partial charge in [-0.05, 0) is 42.8 Å². The zero-order valence-electron chi connectivity index (χ0n) is 16.1. The summed E-state index contributed by atoms with van der Waals surface area (Å²) in [5, 5.41) is 13.5. The molecule has 0 unspecified atom stereocenters. The van der Waals surface area contributed by atoms with Gasteiger partial charge in [-0.25, -0.2) is 4.79 Å². The molecule has 30 heavy (non-hydrogen) atoms. The molecule has 0 bridgehead atoms. The van der Waals surface area contributed by atoms with Crippen molar-refractivity contribution < 1.29 is 28.8 Å². The van der Waals surface area contributed by atoms with Gasteiger partial charge in [0.05, 0.1) is 23.7 Å². The average molecular weight is 413 g/mol. The minimum Gasteiger partial charge on any atom is -0.496 e. The number of amides is 2. The van der Waals surface area contributed by atoms with E-state index in [4.69, 9.17) is 9.47 Å². The Morgan fingerprint density at radius 2 is 1.93 bits per heavy atom. The van der Waals surface area contributed by atoms with Crippen molar-refractivity contribution in [1.82, 2.24) is 0 Å². The molecule has 0 radical (unpaired) electrons. The van der Waals surface area contributed by atoms with Gasteiger partial charge in [-0.15, -0.1) is 0 Å². The van der Waals surface area contributed by atoms with Crippen LogP contribution in [0, 0.1) is 10.1 Å². The number of methoxy groups -OCH3 is 1. The van der Waals surface area contributed by atoms with Crippen LogP contribution in [-0.4, -0.2) is 43.0 Å². The molecule has 2 amide bonds. The first kappa shape index (κ1) is 20.8. The van der Waals surface area contributed by atoms with E-state index in [-0.39, 0.29) is 28.6 Å². The van der Waals surface area contributed by atoms with E-state index in [1.807, 2.05) is 0 Å². The minimum absolute atomic E-state index is 0.0367. The van der Waals surface area contributed by atoms with Crippen LogP contribution >= 0.6 is 0 Å². The first-order chi connectivity index (χ1) is 14.4. The fraction of sp³-hybridized carbons (Fsp3) is 0.250. The Morgan fingerprint density at radius 1 is 1.20 bits per heavy atom. The van der Waals surface area contributed by atoms with Crippen molar-refractivity contribution in [3.8, 4) is 5.75 Å². The van der Waals surface area contributed by atoms with E-state index in [1.165, 1.54) is 37.4 Å². The zero-order chi connectivity index (χ0) is 21.7. The van der Waals surface area contributed by atoms with Crippen LogP contribution in [-0.2, 0) is 14.3 Å². The number of rotatable bonds is 7. The largest absolute Gasteiger partial charge is 0.496 e. The summed E-state index contributed by atoms with van der Waals surface area (Å²) < 4.78 is 9.90. The molecule has 0 saturated carbocycles. The van der Waals surface area contributed by atoms with Crippen LogP contribution in [0.15, 0.2) is 42.5 Å². The highest BCUT2D eigenvalue weighted by Gasteiger charge is 2.22. The molecule has 3 rings (SSSR count). The van der Waals surface area contributed by atoms with Gasteiger partial charge in [-0.3, -0.25) is 19.7 Å². The van der Waals surface area contributed by atoms with Crippen molar-refractivity contribution in [2.45, 2.75) is 12.8 Å². The molecule has 1 heterocycles. The van der Waals surface area contributed by atoms with Crippen LogP contribution in [0.25, 0.3) is 0 Å². The summed E-state index contributed by atoms with van der Waals surface area (Å²) in [5.41, 5.74) is 0.523. The number of carbonyl (C=O) groups is 3. The molecular formula is C20H19N3O7. The maximum Gasteiger partial charge on any atom is 0.338 e. The molecule has 0 aliphatic carbocycles. The Morgan fingerprint density at radius 3 is 2.53 bits per heavy atom. The molecule has 0 atom stereocenters. The summed E-state index contributed by atoms with van der Waals surface area (Å²) in [4.78, 5) is 48.1. The molecule has 10 nitrogen and oxygen atoms in total. The number of benzene rings is 2. The smallest absolute Gasteiger partial charge is 0.338 e. The third-order valence-electron chi connectivity index (χ3n) is 4.50. The molecule has 0 aromatic heterocycles. The van der Waals surface area contributed by atoms with Gasteiger partial charge in [-0.1, -0.05) is 0 Å². The highest BCUT2D eigenvalue weighted by molar-refractivity contribution is 5.98. The van der Waals surface area contributed by atoms with Gasteiger partial charge in [0.2, 0.25) is 5.91 Å². The number of ether oxygens (including phenoxy) is 2. The van der Waals surface area contributed by atoms with Gasteiger partial charge in [0.1, 0.15) is 11.4 Å². The van der Waals surface area contributed by atoms with Gasteiger partial charge in [0.25, 0.3) is 11.6 Å². The number of nitro groups is 1. The molecule has 1 saturated heterocycles. The summed E-state index contributed by atoms with van der Waals surface area (Å²) >= 11 is 0. The van der Waals surface area contributed by atoms with Gasteiger partial charge >= 0.3 is 5.97 Å². The fourth-order valence-corrected chi connectivity index (χ4v) is 2.99. The molecule has 156 valence electrons. The monoisotopic (exact) mass is 413 g/mol. The fourth-order valence-electron chi connectivity index (χ4n) is 2.99. The third-order valence-corrected chi connectivity index (χ3v) is 4.50. The van der Waals surface area contributed by atoms with E-state index < -0.39 is 23.4 Å². The van der Waals surface area contributed by atoms with Gasteiger partial charge in [0, 0.05) is 18.7 Å². The number of anilines is 2. The highest BCUT2D eigenvalue weighted by Crippen LogP contribution is 2.29. The van der Waals surface area contributed by atoms with Crippen molar-refractivity contribution in [2.75, 3.05) is 30.5 Å². The molecule has 10 heteroatoms. The van der Waals surface area contributed by atoms with E-state index in [0.717, 1.165) is 6.42 Å². The Bertz CT molecular complexity index is 988. The maximum atomic E-state index is 12.1. The lowest BCUT2D eigenvalue weighted by Gasteiger charge is -2.15. The van der Waals surface area contributed by atoms with Gasteiger partial charge in [-0.2, -0.15) is 0 Å². The van der Waals surface area contributed by atoms with E-state index in [9.17, 15) is 24.5 Å². The Hall–Kier alpha value is -3.95. The number of nitro benzene ring substituents is 1. The quantitative estimate of drug-likeness (QED) is 0.420. The van der Waals surface area contributed by atoms with Crippen molar-refractivity contribution in [1.29, 1.82) is 0 Å². The Kier molecular flexibility index (Phi) is 6.26. The summed E-state index contributed by atoms with van der Waals surface area (Å²) in [5.74, 6) is -1.15. The summed E-state index contributed by atoms with van der Waals surface area (Å²) in [6.07, 6.45) is 1.30. The van der Waals surface area contributed by atoms with Crippen LogP contribution in [0.3, 0.4) is 0 Å². The summed E-state index contributed by atoms with van der Waals surface area (Å²) in [6, 6.07) is 10.3. The lowest BCUT2D eigenvalue weighted by molar-refractivity contribution is -0.384. The average Bonchev–Trinajstić information content (AvgIpc) is 3.18. The van der Waals surface area contributed by atoms with Crippen LogP contribution in [0.2, 0.25) is 0 Å². The number of hydrogen-bond donors (Lipinski definition) is 1. The third kappa shape index (κ3) is 4.72. The lowest BCUT2D eigenvalue weighted by Crippen LogP contribution is -2.24. The van der Waals surface area contributed by atoms with Crippen molar-refractivity contribution >= 4 is 34.8 Å². The number of esters is 1. The van der Waals surface area contributed by atoms with E-state index in [1.54, 1.807) is 17.0 Å². The first-order valence-electron chi connectivity index (χ1n) is 9.09. The Labute approximate surface area is 171 Å². The van der Waals surface area contributed by atoms with Crippen molar-refractivity contribution in [3.63, 3.8) is 0 Å². The van der Waals surface area contributed by atoms with Crippen molar-refractivity contribution in [2.24, 2.45) is 0 Å². The van der Waals surface area contributed by atoms with Gasteiger partial charge < -0.3 is 19.7 Å². The Balaban J connectivity index is 1.58. The van der Waals surface area contributed by atoms with E-state index in [0.29, 0.717) is 18.7 Å². The maximum absolute atomic E-state index is 12.1.